The van der Waals surface area contributed by atoms with Crippen LogP contribution in [0.1, 0.15) is 25.5 Å². The Morgan fingerprint density at radius 1 is 1.19 bits per heavy atom. The summed E-state index contributed by atoms with van der Waals surface area (Å²) in [4.78, 5) is 35.6. The SMILES string of the molecule is CCOc1ccc(-c2ccc(=O)n(C(C)C(=O)Nc3cc([N+](=O)[O-])ccc3C)n2)cc1. The highest BCUT2D eigenvalue weighted by molar-refractivity contribution is 5.94. The molecule has 31 heavy (non-hydrogen) atoms. The zero-order valence-corrected chi connectivity index (χ0v) is 17.4. The van der Waals surface area contributed by atoms with Gasteiger partial charge in [0.25, 0.3) is 11.2 Å². The van der Waals surface area contributed by atoms with Gasteiger partial charge in [-0.2, -0.15) is 5.10 Å². The molecule has 0 saturated carbocycles. The van der Waals surface area contributed by atoms with Gasteiger partial charge < -0.3 is 10.1 Å². The molecule has 9 nitrogen and oxygen atoms in total. The van der Waals surface area contributed by atoms with E-state index in [1.807, 2.05) is 19.1 Å². The average Bonchev–Trinajstić information content (AvgIpc) is 2.75. The number of rotatable bonds is 7. The van der Waals surface area contributed by atoms with E-state index in [1.54, 1.807) is 38.1 Å². The van der Waals surface area contributed by atoms with E-state index in [0.29, 0.717) is 23.6 Å². The highest BCUT2D eigenvalue weighted by atomic mass is 16.6. The molecule has 1 unspecified atom stereocenters. The summed E-state index contributed by atoms with van der Waals surface area (Å²) in [5, 5.41) is 18.0. The fraction of sp³-hybridized carbons (Fsp3) is 0.227. The predicted octanol–water partition coefficient (Wildman–Crippen LogP) is 3.73. The fourth-order valence-electron chi connectivity index (χ4n) is 2.95. The van der Waals surface area contributed by atoms with E-state index in [-0.39, 0.29) is 5.69 Å². The van der Waals surface area contributed by atoms with E-state index in [2.05, 4.69) is 10.4 Å². The van der Waals surface area contributed by atoms with Crippen LogP contribution < -0.4 is 15.6 Å². The van der Waals surface area contributed by atoms with Crippen molar-refractivity contribution in [2.75, 3.05) is 11.9 Å². The number of nitrogens with zero attached hydrogens (tertiary/aromatic N) is 3. The van der Waals surface area contributed by atoms with Crippen LogP contribution in [0.5, 0.6) is 5.75 Å². The van der Waals surface area contributed by atoms with Crippen molar-refractivity contribution in [2.24, 2.45) is 0 Å². The lowest BCUT2D eigenvalue weighted by Crippen LogP contribution is -2.33. The van der Waals surface area contributed by atoms with Gasteiger partial charge in [-0.25, -0.2) is 4.68 Å². The maximum Gasteiger partial charge on any atom is 0.271 e. The molecule has 0 spiro atoms. The number of carbonyl (C=O) groups excluding carboxylic acids is 1. The first kappa shape index (κ1) is 21.7. The first-order valence-electron chi connectivity index (χ1n) is 9.69. The maximum absolute atomic E-state index is 12.8. The van der Waals surface area contributed by atoms with Crippen LogP contribution in [0.25, 0.3) is 11.3 Å². The van der Waals surface area contributed by atoms with Gasteiger partial charge in [-0.3, -0.25) is 19.7 Å². The van der Waals surface area contributed by atoms with Crippen molar-refractivity contribution >= 4 is 17.3 Å². The minimum absolute atomic E-state index is 0.138. The largest absolute Gasteiger partial charge is 0.494 e. The van der Waals surface area contributed by atoms with Crippen LogP contribution in [0.3, 0.4) is 0 Å². The monoisotopic (exact) mass is 422 g/mol. The van der Waals surface area contributed by atoms with E-state index < -0.39 is 22.4 Å². The molecule has 0 aliphatic rings. The Morgan fingerprint density at radius 2 is 1.90 bits per heavy atom. The molecule has 1 amide bonds. The lowest BCUT2D eigenvalue weighted by atomic mass is 10.1. The van der Waals surface area contributed by atoms with Gasteiger partial charge in [0.1, 0.15) is 11.8 Å². The molecule has 0 aliphatic heterocycles. The molecule has 9 heteroatoms. The van der Waals surface area contributed by atoms with Crippen molar-refractivity contribution in [3.05, 3.63) is 80.6 Å². The summed E-state index contributed by atoms with van der Waals surface area (Å²) < 4.78 is 6.52. The van der Waals surface area contributed by atoms with Gasteiger partial charge in [-0.1, -0.05) is 6.07 Å². The summed E-state index contributed by atoms with van der Waals surface area (Å²) in [6, 6.07) is 13.4. The second kappa shape index (κ2) is 9.21. The molecule has 1 aromatic heterocycles. The summed E-state index contributed by atoms with van der Waals surface area (Å²) >= 11 is 0. The first-order chi connectivity index (χ1) is 14.8. The molecular formula is C22H22N4O5. The second-order valence-corrected chi connectivity index (χ2v) is 6.88. The molecule has 3 aromatic rings. The van der Waals surface area contributed by atoms with E-state index in [9.17, 15) is 19.7 Å². The van der Waals surface area contributed by atoms with E-state index in [1.165, 1.54) is 18.2 Å². The molecule has 0 fully saturated rings. The number of nitro benzene ring substituents is 1. The molecule has 0 radical (unpaired) electrons. The molecule has 0 saturated heterocycles. The number of amides is 1. The smallest absolute Gasteiger partial charge is 0.271 e. The Bertz CT molecular complexity index is 1170. The summed E-state index contributed by atoms with van der Waals surface area (Å²) in [5.41, 5.74) is 1.68. The van der Waals surface area contributed by atoms with Crippen molar-refractivity contribution in [1.82, 2.24) is 9.78 Å². The fourth-order valence-corrected chi connectivity index (χ4v) is 2.95. The van der Waals surface area contributed by atoms with Crippen molar-refractivity contribution in [3.63, 3.8) is 0 Å². The zero-order chi connectivity index (χ0) is 22.5. The number of aromatic nitrogens is 2. The number of nitrogens with one attached hydrogen (secondary N) is 1. The number of anilines is 1. The third-order valence-electron chi connectivity index (χ3n) is 4.72. The average molecular weight is 422 g/mol. The third-order valence-corrected chi connectivity index (χ3v) is 4.72. The summed E-state index contributed by atoms with van der Waals surface area (Å²) in [6.07, 6.45) is 0. The van der Waals surface area contributed by atoms with Crippen LogP contribution >= 0.6 is 0 Å². The molecule has 0 bridgehead atoms. The molecular weight excluding hydrogens is 400 g/mol. The van der Waals surface area contributed by atoms with Gasteiger partial charge in [0, 0.05) is 23.8 Å². The van der Waals surface area contributed by atoms with E-state index in [4.69, 9.17) is 4.74 Å². The number of carbonyl (C=O) groups is 1. The molecule has 1 heterocycles. The third kappa shape index (κ3) is 4.95. The van der Waals surface area contributed by atoms with Crippen molar-refractivity contribution in [3.8, 4) is 17.0 Å². The first-order valence-corrected chi connectivity index (χ1v) is 9.69. The lowest BCUT2D eigenvalue weighted by Gasteiger charge is -2.16. The van der Waals surface area contributed by atoms with Gasteiger partial charge >= 0.3 is 0 Å². The predicted molar refractivity (Wildman–Crippen MR) is 116 cm³/mol. The molecule has 1 atom stereocenters. The van der Waals surface area contributed by atoms with E-state index in [0.717, 1.165) is 16.0 Å². The topological polar surface area (TPSA) is 116 Å². The number of benzene rings is 2. The van der Waals surface area contributed by atoms with Crippen molar-refractivity contribution in [2.45, 2.75) is 26.8 Å². The van der Waals surface area contributed by atoms with Crippen LogP contribution in [-0.2, 0) is 4.79 Å². The number of non-ortho nitro benzene ring substituents is 1. The number of hydrogen-bond acceptors (Lipinski definition) is 6. The maximum atomic E-state index is 12.8. The van der Waals surface area contributed by atoms with Crippen LogP contribution in [0, 0.1) is 17.0 Å². The van der Waals surface area contributed by atoms with Gasteiger partial charge in [-0.05, 0) is 56.7 Å². The lowest BCUT2D eigenvalue weighted by molar-refractivity contribution is -0.384. The van der Waals surface area contributed by atoms with Gasteiger partial charge in [0.05, 0.1) is 22.9 Å². The standard InChI is InChI=1S/C22H22N4O5/c1-4-31-18-9-6-16(7-10-18)19-11-12-21(27)25(24-19)15(3)22(28)23-20-13-17(26(29)30)8-5-14(20)2/h5-13,15H,4H2,1-3H3,(H,23,28). The highest BCUT2D eigenvalue weighted by Gasteiger charge is 2.20. The quantitative estimate of drug-likeness (QED) is 0.458. The van der Waals surface area contributed by atoms with Crippen molar-refractivity contribution < 1.29 is 14.5 Å². The second-order valence-electron chi connectivity index (χ2n) is 6.88. The number of hydrogen-bond donors (Lipinski definition) is 1. The minimum atomic E-state index is -0.936. The number of aryl methyl sites for hydroxylation is 1. The normalized spacial score (nSPS) is 11.6. The summed E-state index contributed by atoms with van der Waals surface area (Å²) in [7, 11) is 0. The van der Waals surface area contributed by atoms with Gasteiger partial charge in [-0.15, -0.1) is 0 Å². The molecule has 0 aliphatic carbocycles. The molecule has 3 rings (SSSR count). The van der Waals surface area contributed by atoms with Crippen molar-refractivity contribution in [1.29, 1.82) is 0 Å². The zero-order valence-electron chi connectivity index (χ0n) is 17.4. The Kier molecular flexibility index (Phi) is 6.44. The molecule has 2 aromatic carbocycles. The number of ether oxygens (including phenoxy) is 1. The summed E-state index contributed by atoms with van der Waals surface area (Å²) in [5.74, 6) is 0.210. The van der Waals surface area contributed by atoms with E-state index >= 15 is 0 Å². The number of nitro groups is 1. The Balaban J connectivity index is 1.86. The Hall–Kier alpha value is -4.01. The highest BCUT2D eigenvalue weighted by Crippen LogP contribution is 2.23. The Labute approximate surface area is 178 Å². The molecule has 1 N–H and O–H groups in total. The van der Waals surface area contributed by atoms with Crippen LogP contribution in [0.15, 0.2) is 59.4 Å². The van der Waals surface area contributed by atoms with Crippen LogP contribution in [0.2, 0.25) is 0 Å². The van der Waals surface area contributed by atoms with Gasteiger partial charge in [0.2, 0.25) is 5.91 Å². The van der Waals surface area contributed by atoms with Crippen LogP contribution in [0.4, 0.5) is 11.4 Å². The Morgan fingerprint density at radius 3 is 2.55 bits per heavy atom. The van der Waals surface area contributed by atoms with Gasteiger partial charge in [0.15, 0.2) is 0 Å². The summed E-state index contributed by atoms with van der Waals surface area (Å²) in [6.45, 7) is 5.71. The van der Waals surface area contributed by atoms with Crippen LogP contribution in [-0.4, -0.2) is 27.2 Å². The minimum Gasteiger partial charge on any atom is -0.494 e. The molecule has 160 valence electrons.